The molecule has 0 saturated heterocycles. The molecule has 0 bridgehead atoms. The Kier molecular flexibility index (Phi) is 5.12. The van der Waals surface area contributed by atoms with Gasteiger partial charge >= 0.3 is 0 Å². The monoisotopic (exact) mass is 270 g/mol. The quantitative estimate of drug-likeness (QED) is 0.862. The van der Waals surface area contributed by atoms with E-state index in [-0.39, 0.29) is 0 Å². The molecule has 3 heteroatoms. The molecule has 0 aromatic heterocycles. The zero-order valence-corrected chi connectivity index (χ0v) is 11.0. The zero-order chi connectivity index (χ0) is 11.3. The van der Waals surface area contributed by atoms with Crippen molar-refractivity contribution in [3.05, 3.63) is 28.2 Å². The molecule has 0 aliphatic carbocycles. The lowest BCUT2D eigenvalue weighted by atomic mass is 10.1. The Morgan fingerprint density at radius 2 is 2.13 bits per heavy atom. The standard InChI is InChI=1S/C12H19BrN2/c1-3-4-11(8-14)15-12-6-9(2)5-10(13)7-12/h5-7,11,15H,3-4,8,14H2,1-2H3. The lowest BCUT2D eigenvalue weighted by Crippen LogP contribution is -2.28. The molecule has 0 aliphatic heterocycles. The van der Waals surface area contributed by atoms with Crippen LogP contribution < -0.4 is 11.1 Å². The van der Waals surface area contributed by atoms with Crippen LogP contribution in [0.3, 0.4) is 0 Å². The van der Waals surface area contributed by atoms with E-state index in [0.717, 1.165) is 23.0 Å². The number of anilines is 1. The van der Waals surface area contributed by atoms with E-state index in [0.29, 0.717) is 12.6 Å². The highest BCUT2D eigenvalue weighted by atomic mass is 79.9. The molecule has 84 valence electrons. The fraction of sp³-hybridized carbons (Fsp3) is 0.500. The van der Waals surface area contributed by atoms with Crippen LogP contribution in [0.1, 0.15) is 25.3 Å². The van der Waals surface area contributed by atoms with Crippen molar-refractivity contribution in [1.29, 1.82) is 0 Å². The van der Waals surface area contributed by atoms with E-state index in [1.54, 1.807) is 0 Å². The summed E-state index contributed by atoms with van der Waals surface area (Å²) in [5.41, 5.74) is 8.10. The second kappa shape index (κ2) is 6.13. The summed E-state index contributed by atoms with van der Waals surface area (Å²) < 4.78 is 1.11. The molecule has 0 saturated carbocycles. The normalized spacial score (nSPS) is 12.5. The molecule has 0 fully saturated rings. The first kappa shape index (κ1) is 12.5. The number of halogens is 1. The van der Waals surface area contributed by atoms with Gasteiger partial charge in [0, 0.05) is 22.7 Å². The highest BCUT2D eigenvalue weighted by molar-refractivity contribution is 9.10. The summed E-state index contributed by atoms with van der Waals surface area (Å²) in [5.74, 6) is 0. The first-order valence-electron chi connectivity index (χ1n) is 5.39. The summed E-state index contributed by atoms with van der Waals surface area (Å²) in [5, 5.41) is 3.46. The number of hydrogen-bond acceptors (Lipinski definition) is 2. The van der Waals surface area contributed by atoms with Crippen molar-refractivity contribution < 1.29 is 0 Å². The molecular formula is C12H19BrN2. The van der Waals surface area contributed by atoms with Gasteiger partial charge in [-0.05, 0) is 37.1 Å². The van der Waals surface area contributed by atoms with E-state index >= 15 is 0 Å². The Bertz CT molecular complexity index is 292. The first-order chi connectivity index (χ1) is 7.15. The van der Waals surface area contributed by atoms with Gasteiger partial charge in [0.25, 0.3) is 0 Å². The third-order valence-corrected chi connectivity index (χ3v) is 2.79. The Morgan fingerprint density at radius 1 is 1.40 bits per heavy atom. The molecule has 1 aromatic rings. The highest BCUT2D eigenvalue weighted by Crippen LogP contribution is 2.20. The van der Waals surface area contributed by atoms with Gasteiger partial charge in [-0.2, -0.15) is 0 Å². The van der Waals surface area contributed by atoms with Crippen molar-refractivity contribution in [1.82, 2.24) is 0 Å². The van der Waals surface area contributed by atoms with Gasteiger partial charge in [0.2, 0.25) is 0 Å². The number of benzene rings is 1. The molecule has 15 heavy (non-hydrogen) atoms. The summed E-state index contributed by atoms with van der Waals surface area (Å²) >= 11 is 3.49. The van der Waals surface area contributed by atoms with Crippen LogP contribution in [0.25, 0.3) is 0 Å². The van der Waals surface area contributed by atoms with Gasteiger partial charge in [0.15, 0.2) is 0 Å². The predicted molar refractivity (Wildman–Crippen MR) is 70.3 cm³/mol. The van der Waals surface area contributed by atoms with Crippen LogP contribution in [-0.4, -0.2) is 12.6 Å². The van der Waals surface area contributed by atoms with Crippen molar-refractivity contribution in [3.8, 4) is 0 Å². The van der Waals surface area contributed by atoms with Gasteiger partial charge < -0.3 is 11.1 Å². The van der Waals surface area contributed by atoms with Crippen LogP contribution in [0.4, 0.5) is 5.69 Å². The van der Waals surface area contributed by atoms with Crippen molar-refractivity contribution in [2.45, 2.75) is 32.7 Å². The van der Waals surface area contributed by atoms with E-state index in [1.165, 1.54) is 5.56 Å². The summed E-state index contributed by atoms with van der Waals surface area (Å²) in [6.45, 7) is 4.95. The lowest BCUT2D eigenvalue weighted by molar-refractivity contribution is 0.648. The van der Waals surface area contributed by atoms with Crippen molar-refractivity contribution in [2.24, 2.45) is 5.73 Å². The van der Waals surface area contributed by atoms with Crippen LogP contribution in [0, 0.1) is 6.92 Å². The van der Waals surface area contributed by atoms with Crippen LogP contribution in [0.15, 0.2) is 22.7 Å². The molecule has 3 N–H and O–H groups in total. The number of nitrogens with two attached hydrogens (primary N) is 1. The van der Waals surface area contributed by atoms with E-state index < -0.39 is 0 Å². The molecule has 1 rings (SSSR count). The molecule has 0 radical (unpaired) electrons. The lowest BCUT2D eigenvalue weighted by Gasteiger charge is -2.17. The minimum Gasteiger partial charge on any atom is -0.381 e. The average molecular weight is 271 g/mol. The van der Waals surface area contributed by atoms with Crippen molar-refractivity contribution >= 4 is 21.6 Å². The smallest absolute Gasteiger partial charge is 0.0383 e. The minimum absolute atomic E-state index is 0.378. The number of nitrogens with one attached hydrogen (secondary N) is 1. The maximum atomic E-state index is 5.71. The summed E-state index contributed by atoms with van der Waals surface area (Å²) in [6.07, 6.45) is 2.27. The largest absolute Gasteiger partial charge is 0.381 e. The molecule has 1 atom stereocenters. The number of rotatable bonds is 5. The highest BCUT2D eigenvalue weighted by Gasteiger charge is 2.05. The summed E-state index contributed by atoms with van der Waals surface area (Å²) in [7, 11) is 0. The molecule has 0 aliphatic rings. The number of hydrogen-bond donors (Lipinski definition) is 2. The van der Waals surface area contributed by atoms with Gasteiger partial charge in [-0.15, -0.1) is 0 Å². The van der Waals surface area contributed by atoms with Gasteiger partial charge in [0.1, 0.15) is 0 Å². The topological polar surface area (TPSA) is 38.0 Å². The molecule has 0 spiro atoms. The van der Waals surface area contributed by atoms with Crippen molar-refractivity contribution in [2.75, 3.05) is 11.9 Å². The van der Waals surface area contributed by atoms with Crippen LogP contribution in [-0.2, 0) is 0 Å². The van der Waals surface area contributed by atoms with Crippen LogP contribution in [0.5, 0.6) is 0 Å². The first-order valence-corrected chi connectivity index (χ1v) is 6.18. The molecular weight excluding hydrogens is 252 g/mol. The van der Waals surface area contributed by atoms with Crippen LogP contribution in [0.2, 0.25) is 0 Å². The fourth-order valence-electron chi connectivity index (χ4n) is 1.65. The molecule has 0 amide bonds. The molecule has 0 heterocycles. The third kappa shape index (κ3) is 4.22. The zero-order valence-electron chi connectivity index (χ0n) is 9.39. The van der Waals surface area contributed by atoms with E-state index in [2.05, 4.69) is 53.3 Å². The molecule has 1 aromatic carbocycles. The average Bonchev–Trinajstić information content (AvgIpc) is 2.15. The second-order valence-electron chi connectivity index (χ2n) is 3.88. The van der Waals surface area contributed by atoms with Gasteiger partial charge in [-0.1, -0.05) is 29.3 Å². The number of aryl methyl sites for hydroxylation is 1. The Morgan fingerprint density at radius 3 is 2.67 bits per heavy atom. The molecule has 2 nitrogen and oxygen atoms in total. The Balaban J connectivity index is 2.69. The minimum atomic E-state index is 0.378. The summed E-state index contributed by atoms with van der Waals surface area (Å²) in [6, 6.07) is 6.71. The fourth-order valence-corrected chi connectivity index (χ4v) is 2.26. The molecule has 1 unspecified atom stereocenters. The van der Waals surface area contributed by atoms with E-state index in [9.17, 15) is 0 Å². The van der Waals surface area contributed by atoms with Gasteiger partial charge in [-0.25, -0.2) is 0 Å². The van der Waals surface area contributed by atoms with E-state index in [1.807, 2.05) is 0 Å². The van der Waals surface area contributed by atoms with Gasteiger partial charge in [-0.3, -0.25) is 0 Å². The summed E-state index contributed by atoms with van der Waals surface area (Å²) in [4.78, 5) is 0. The maximum absolute atomic E-state index is 5.71. The Hall–Kier alpha value is -0.540. The van der Waals surface area contributed by atoms with Gasteiger partial charge in [0.05, 0.1) is 0 Å². The van der Waals surface area contributed by atoms with Crippen LogP contribution >= 0.6 is 15.9 Å². The SMILES string of the molecule is CCCC(CN)Nc1cc(C)cc(Br)c1. The maximum Gasteiger partial charge on any atom is 0.0383 e. The van der Waals surface area contributed by atoms with Crippen molar-refractivity contribution in [3.63, 3.8) is 0 Å². The Labute approximate surface area is 100 Å². The second-order valence-corrected chi connectivity index (χ2v) is 4.80. The van der Waals surface area contributed by atoms with E-state index in [4.69, 9.17) is 5.73 Å². The third-order valence-electron chi connectivity index (χ3n) is 2.33. The predicted octanol–water partition coefficient (Wildman–Crippen LogP) is 3.30.